The largest absolute Gasteiger partial charge is 0.369 e. The third kappa shape index (κ3) is 1.64. The first kappa shape index (κ1) is 10.8. The van der Waals surface area contributed by atoms with Gasteiger partial charge < -0.3 is 9.88 Å². The van der Waals surface area contributed by atoms with Crippen LogP contribution in [0.15, 0.2) is 4.79 Å². The maximum absolute atomic E-state index is 11.9. The highest BCUT2D eigenvalue weighted by atomic mass is 16.1. The van der Waals surface area contributed by atoms with Crippen molar-refractivity contribution in [3.05, 3.63) is 21.7 Å². The Morgan fingerprint density at radius 3 is 2.36 bits per heavy atom. The third-order valence-electron chi connectivity index (χ3n) is 2.34. The molecular formula is C10H17N3O. The summed E-state index contributed by atoms with van der Waals surface area (Å²) in [6.07, 6.45) is 0. The Morgan fingerprint density at radius 2 is 1.93 bits per heavy atom. The molecule has 0 radical (unpaired) electrons. The van der Waals surface area contributed by atoms with Crippen LogP contribution in [-0.4, -0.2) is 16.6 Å². The van der Waals surface area contributed by atoms with Crippen LogP contribution in [0.5, 0.6) is 0 Å². The van der Waals surface area contributed by atoms with Crippen LogP contribution in [0.2, 0.25) is 0 Å². The second-order valence-electron chi connectivity index (χ2n) is 3.65. The average molecular weight is 195 g/mol. The molecule has 1 aromatic heterocycles. The van der Waals surface area contributed by atoms with Crippen molar-refractivity contribution in [2.24, 2.45) is 0 Å². The van der Waals surface area contributed by atoms with E-state index < -0.39 is 0 Å². The highest BCUT2D eigenvalue weighted by Crippen LogP contribution is 2.10. The van der Waals surface area contributed by atoms with Gasteiger partial charge in [0, 0.05) is 18.8 Å². The molecule has 0 aromatic carbocycles. The lowest BCUT2D eigenvalue weighted by Gasteiger charge is -2.16. The zero-order valence-corrected chi connectivity index (χ0v) is 9.38. The standard InChI is InChI=1S/C10H17N3O/c1-6(2)13-8(4)7(3)12-9(11-5)10(13)14/h6H,1-5H3,(H,11,12). The molecule has 0 unspecified atom stereocenters. The Bertz CT molecular complexity index is 393. The van der Waals surface area contributed by atoms with E-state index in [4.69, 9.17) is 0 Å². The molecule has 0 aliphatic heterocycles. The van der Waals surface area contributed by atoms with Crippen molar-refractivity contribution >= 4 is 5.82 Å². The highest BCUT2D eigenvalue weighted by Gasteiger charge is 2.11. The number of anilines is 1. The lowest BCUT2D eigenvalue weighted by atomic mass is 10.3. The van der Waals surface area contributed by atoms with Gasteiger partial charge in [-0.3, -0.25) is 4.79 Å². The van der Waals surface area contributed by atoms with Gasteiger partial charge in [0.05, 0.1) is 5.69 Å². The van der Waals surface area contributed by atoms with E-state index in [0.29, 0.717) is 5.82 Å². The van der Waals surface area contributed by atoms with E-state index in [2.05, 4.69) is 10.3 Å². The molecule has 0 aliphatic rings. The molecule has 1 aromatic rings. The molecule has 1 heterocycles. The molecule has 0 saturated carbocycles. The van der Waals surface area contributed by atoms with Gasteiger partial charge in [-0.05, 0) is 27.7 Å². The first-order valence-electron chi connectivity index (χ1n) is 4.76. The Labute approximate surface area is 84.0 Å². The smallest absolute Gasteiger partial charge is 0.293 e. The Balaban J connectivity index is 3.53. The van der Waals surface area contributed by atoms with E-state index in [-0.39, 0.29) is 11.6 Å². The van der Waals surface area contributed by atoms with Crippen molar-refractivity contribution in [2.45, 2.75) is 33.7 Å². The number of aryl methyl sites for hydroxylation is 1. The minimum Gasteiger partial charge on any atom is -0.369 e. The van der Waals surface area contributed by atoms with Gasteiger partial charge in [0.15, 0.2) is 5.82 Å². The minimum atomic E-state index is -0.0504. The maximum atomic E-state index is 11.9. The number of nitrogens with one attached hydrogen (secondary N) is 1. The van der Waals surface area contributed by atoms with Crippen molar-refractivity contribution in [2.75, 3.05) is 12.4 Å². The van der Waals surface area contributed by atoms with Crippen molar-refractivity contribution in [3.63, 3.8) is 0 Å². The topological polar surface area (TPSA) is 46.9 Å². The molecule has 0 saturated heterocycles. The first-order chi connectivity index (χ1) is 6.49. The van der Waals surface area contributed by atoms with Gasteiger partial charge in [-0.15, -0.1) is 0 Å². The van der Waals surface area contributed by atoms with Gasteiger partial charge in [-0.25, -0.2) is 4.98 Å². The molecule has 4 nitrogen and oxygen atoms in total. The normalized spacial score (nSPS) is 10.7. The molecule has 78 valence electrons. The lowest BCUT2D eigenvalue weighted by molar-refractivity contribution is 0.556. The summed E-state index contributed by atoms with van der Waals surface area (Å²) in [5.41, 5.74) is 1.78. The summed E-state index contributed by atoms with van der Waals surface area (Å²) < 4.78 is 1.76. The third-order valence-corrected chi connectivity index (χ3v) is 2.34. The van der Waals surface area contributed by atoms with Gasteiger partial charge in [-0.1, -0.05) is 0 Å². The Hall–Kier alpha value is -1.32. The van der Waals surface area contributed by atoms with E-state index in [1.54, 1.807) is 11.6 Å². The van der Waals surface area contributed by atoms with Crippen LogP contribution in [0, 0.1) is 13.8 Å². The predicted molar refractivity (Wildman–Crippen MR) is 57.9 cm³/mol. The van der Waals surface area contributed by atoms with E-state index >= 15 is 0 Å². The summed E-state index contributed by atoms with van der Waals surface area (Å²) in [5, 5.41) is 2.81. The molecule has 1 rings (SSSR count). The molecule has 0 atom stereocenters. The molecule has 0 fully saturated rings. The van der Waals surface area contributed by atoms with E-state index in [9.17, 15) is 4.79 Å². The zero-order chi connectivity index (χ0) is 10.9. The molecule has 0 bridgehead atoms. The fourth-order valence-electron chi connectivity index (χ4n) is 1.52. The number of nitrogens with zero attached hydrogens (tertiary/aromatic N) is 2. The molecule has 0 aliphatic carbocycles. The summed E-state index contributed by atoms with van der Waals surface area (Å²) in [6, 6.07) is 0.163. The quantitative estimate of drug-likeness (QED) is 0.777. The second kappa shape index (κ2) is 3.82. The van der Waals surface area contributed by atoms with Crippen LogP contribution in [0.1, 0.15) is 31.3 Å². The summed E-state index contributed by atoms with van der Waals surface area (Å²) >= 11 is 0. The van der Waals surface area contributed by atoms with Crippen molar-refractivity contribution < 1.29 is 0 Å². The Morgan fingerprint density at radius 1 is 1.36 bits per heavy atom. The van der Waals surface area contributed by atoms with Gasteiger partial charge in [0.1, 0.15) is 0 Å². The second-order valence-corrected chi connectivity index (χ2v) is 3.65. The highest BCUT2D eigenvalue weighted by molar-refractivity contribution is 5.33. The van der Waals surface area contributed by atoms with Crippen LogP contribution >= 0.6 is 0 Å². The summed E-state index contributed by atoms with van der Waals surface area (Å²) in [5.74, 6) is 0.418. The van der Waals surface area contributed by atoms with Crippen molar-refractivity contribution in [1.82, 2.24) is 9.55 Å². The fraction of sp³-hybridized carbons (Fsp3) is 0.600. The van der Waals surface area contributed by atoms with Gasteiger partial charge >= 0.3 is 0 Å². The average Bonchev–Trinajstić information content (AvgIpc) is 2.11. The van der Waals surface area contributed by atoms with Crippen LogP contribution < -0.4 is 10.9 Å². The number of rotatable bonds is 2. The van der Waals surface area contributed by atoms with Crippen molar-refractivity contribution in [3.8, 4) is 0 Å². The zero-order valence-electron chi connectivity index (χ0n) is 9.38. The van der Waals surface area contributed by atoms with E-state index in [1.807, 2.05) is 27.7 Å². The fourth-order valence-corrected chi connectivity index (χ4v) is 1.52. The number of hydrogen-bond acceptors (Lipinski definition) is 3. The van der Waals surface area contributed by atoms with Gasteiger partial charge in [-0.2, -0.15) is 0 Å². The summed E-state index contributed by atoms with van der Waals surface area (Å²) in [7, 11) is 1.71. The summed E-state index contributed by atoms with van der Waals surface area (Å²) in [6.45, 7) is 7.82. The van der Waals surface area contributed by atoms with Crippen LogP contribution in [0.4, 0.5) is 5.82 Å². The molecule has 0 spiro atoms. The van der Waals surface area contributed by atoms with Crippen LogP contribution in [0.25, 0.3) is 0 Å². The molecule has 4 heteroatoms. The predicted octanol–water partition coefficient (Wildman–Crippen LogP) is 1.48. The summed E-state index contributed by atoms with van der Waals surface area (Å²) in [4.78, 5) is 16.0. The monoisotopic (exact) mass is 195 g/mol. The first-order valence-corrected chi connectivity index (χ1v) is 4.76. The SMILES string of the molecule is CNc1nc(C)c(C)n(C(C)C)c1=O. The van der Waals surface area contributed by atoms with Crippen LogP contribution in [-0.2, 0) is 0 Å². The minimum absolute atomic E-state index is 0.0504. The van der Waals surface area contributed by atoms with E-state index in [1.165, 1.54) is 0 Å². The number of hydrogen-bond donors (Lipinski definition) is 1. The number of aromatic nitrogens is 2. The Kier molecular flexibility index (Phi) is 2.93. The molecule has 14 heavy (non-hydrogen) atoms. The van der Waals surface area contributed by atoms with Gasteiger partial charge in [0.25, 0.3) is 5.56 Å². The molecular weight excluding hydrogens is 178 g/mol. The maximum Gasteiger partial charge on any atom is 0.293 e. The van der Waals surface area contributed by atoms with E-state index in [0.717, 1.165) is 11.4 Å². The molecule has 1 N–H and O–H groups in total. The van der Waals surface area contributed by atoms with Crippen LogP contribution in [0.3, 0.4) is 0 Å². The van der Waals surface area contributed by atoms with Gasteiger partial charge in [0.2, 0.25) is 0 Å². The lowest BCUT2D eigenvalue weighted by Crippen LogP contribution is -2.28. The molecule has 0 amide bonds. The van der Waals surface area contributed by atoms with Crippen molar-refractivity contribution in [1.29, 1.82) is 0 Å².